The van der Waals surface area contributed by atoms with Crippen molar-refractivity contribution < 1.29 is 22.4 Å². The van der Waals surface area contributed by atoms with Crippen LogP contribution in [0.1, 0.15) is 5.56 Å². The first-order valence-electron chi connectivity index (χ1n) is 8.10. The van der Waals surface area contributed by atoms with Gasteiger partial charge in [-0.25, -0.2) is 4.98 Å². The third-order valence-corrected chi connectivity index (χ3v) is 4.19. The van der Waals surface area contributed by atoms with Gasteiger partial charge in [0.05, 0.1) is 0 Å². The van der Waals surface area contributed by atoms with Crippen LogP contribution in [0.5, 0.6) is 0 Å². The maximum absolute atomic E-state index is 12.5. The number of nitrogens with one attached hydrogen (secondary N) is 1. The molecule has 0 unspecified atom stereocenters. The van der Waals surface area contributed by atoms with E-state index in [0.717, 1.165) is 16.3 Å². The van der Waals surface area contributed by atoms with Crippen LogP contribution in [0.25, 0.3) is 33.3 Å². The molecule has 0 aliphatic heterocycles. The van der Waals surface area contributed by atoms with E-state index in [2.05, 4.69) is 4.98 Å². The number of nitrogens with zero attached hydrogens (tertiary/aromatic N) is 1. The number of alkyl halides is 3. The Morgan fingerprint density at radius 3 is 2.52 bits per heavy atom. The van der Waals surface area contributed by atoms with Crippen molar-refractivity contribution in [2.75, 3.05) is 5.32 Å². The van der Waals surface area contributed by atoms with Crippen molar-refractivity contribution >= 4 is 33.5 Å². The molecule has 4 rings (SSSR count). The molecule has 7 heteroatoms. The summed E-state index contributed by atoms with van der Waals surface area (Å²) in [5.41, 5.74) is 2.18. The molecule has 0 aliphatic carbocycles. The van der Waals surface area contributed by atoms with Crippen LogP contribution in [0.2, 0.25) is 0 Å². The van der Waals surface area contributed by atoms with Gasteiger partial charge in [-0.05, 0) is 47.5 Å². The quantitative estimate of drug-likeness (QED) is 0.510. The Bertz CT molecular complexity index is 1180. The molecule has 1 heterocycles. The smallest absolute Gasteiger partial charge is 0.436 e. The van der Waals surface area contributed by atoms with Crippen molar-refractivity contribution in [1.29, 1.82) is 0 Å². The molecule has 0 aliphatic rings. The summed E-state index contributed by atoms with van der Waals surface area (Å²) in [6, 6.07) is 16.4. The van der Waals surface area contributed by atoms with E-state index in [1.54, 1.807) is 6.92 Å². The van der Waals surface area contributed by atoms with Gasteiger partial charge in [-0.1, -0.05) is 30.3 Å². The highest BCUT2D eigenvalue weighted by Gasteiger charge is 2.38. The fourth-order valence-corrected chi connectivity index (χ4v) is 2.92. The molecule has 1 N–H and O–H groups in total. The van der Waals surface area contributed by atoms with Crippen LogP contribution in [0.15, 0.2) is 59.0 Å². The van der Waals surface area contributed by atoms with Crippen LogP contribution in [0.4, 0.5) is 18.9 Å². The highest BCUT2D eigenvalue weighted by Crippen LogP contribution is 2.31. The monoisotopic (exact) mass is 370 g/mol. The Balaban J connectivity index is 1.75. The lowest BCUT2D eigenvalue weighted by atomic mass is 10.1. The zero-order valence-electron chi connectivity index (χ0n) is 14.1. The summed E-state index contributed by atoms with van der Waals surface area (Å²) in [5.74, 6) is -1.67. The molecule has 0 atom stereocenters. The Hall–Kier alpha value is -3.35. The van der Waals surface area contributed by atoms with Gasteiger partial charge in [0.25, 0.3) is 0 Å². The normalized spacial score (nSPS) is 11.9. The van der Waals surface area contributed by atoms with Gasteiger partial charge >= 0.3 is 12.1 Å². The molecule has 27 heavy (non-hydrogen) atoms. The first kappa shape index (κ1) is 17.1. The lowest BCUT2D eigenvalue weighted by Gasteiger charge is -2.08. The fraction of sp³-hybridized carbons (Fsp3) is 0.100. The predicted octanol–water partition coefficient (Wildman–Crippen LogP) is 5.46. The second-order valence-electron chi connectivity index (χ2n) is 6.17. The number of carbonyl (C=O) groups is 1. The maximum atomic E-state index is 12.5. The van der Waals surface area contributed by atoms with Gasteiger partial charge in [-0.2, -0.15) is 13.2 Å². The van der Waals surface area contributed by atoms with E-state index in [0.29, 0.717) is 22.6 Å². The number of halogens is 3. The first-order chi connectivity index (χ1) is 12.8. The number of anilines is 1. The summed E-state index contributed by atoms with van der Waals surface area (Å²) in [6.07, 6.45) is -4.96. The molecule has 1 aromatic heterocycles. The van der Waals surface area contributed by atoms with Crippen LogP contribution in [0.3, 0.4) is 0 Å². The molecule has 1 amide bonds. The summed E-state index contributed by atoms with van der Waals surface area (Å²) < 4.78 is 43.2. The molecule has 0 fully saturated rings. The summed E-state index contributed by atoms with van der Waals surface area (Å²) in [4.78, 5) is 15.5. The summed E-state index contributed by atoms with van der Waals surface area (Å²) in [6.45, 7) is 1.68. The van der Waals surface area contributed by atoms with Crippen molar-refractivity contribution in [2.24, 2.45) is 0 Å². The molecular formula is C20H13F3N2O2. The first-order valence-corrected chi connectivity index (χ1v) is 8.10. The molecule has 0 saturated carbocycles. The molecule has 4 nitrogen and oxygen atoms in total. The zero-order valence-corrected chi connectivity index (χ0v) is 14.1. The average molecular weight is 370 g/mol. The van der Waals surface area contributed by atoms with Gasteiger partial charge in [-0.3, -0.25) is 4.79 Å². The van der Waals surface area contributed by atoms with Gasteiger partial charge < -0.3 is 9.73 Å². The van der Waals surface area contributed by atoms with Crippen molar-refractivity contribution in [3.05, 3.63) is 60.2 Å². The number of aryl methyl sites for hydroxylation is 1. The molecule has 0 radical (unpaired) electrons. The lowest BCUT2D eigenvalue weighted by Crippen LogP contribution is -2.29. The summed E-state index contributed by atoms with van der Waals surface area (Å²) >= 11 is 0. The van der Waals surface area contributed by atoms with Gasteiger partial charge in [0.15, 0.2) is 5.58 Å². The number of benzene rings is 3. The molecular weight excluding hydrogens is 357 g/mol. The van der Waals surface area contributed by atoms with E-state index in [4.69, 9.17) is 4.42 Å². The van der Waals surface area contributed by atoms with Crippen molar-refractivity contribution in [3.8, 4) is 11.5 Å². The Morgan fingerprint density at radius 1 is 1.04 bits per heavy atom. The standard InChI is InChI=1S/C20H13F3N2O2/c1-11-8-15(24-19(26)20(21,22)23)10-16-17(11)27-18(25-16)14-7-6-12-4-2-3-5-13(12)9-14/h2-10H,1H3,(H,24,26). The van der Waals surface area contributed by atoms with E-state index in [9.17, 15) is 18.0 Å². The number of hydrogen-bond acceptors (Lipinski definition) is 3. The van der Waals surface area contributed by atoms with Crippen LogP contribution in [-0.4, -0.2) is 17.1 Å². The van der Waals surface area contributed by atoms with Crippen LogP contribution in [-0.2, 0) is 4.79 Å². The average Bonchev–Trinajstić information content (AvgIpc) is 3.05. The van der Waals surface area contributed by atoms with Crippen molar-refractivity contribution in [2.45, 2.75) is 13.1 Å². The topological polar surface area (TPSA) is 55.1 Å². The number of rotatable bonds is 2. The number of hydrogen-bond donors (Lipinski definition) is 1. The van der Waals surface area contributed by atoms with Gasteiger partial charge in [0, 0.05) is 11.3 Å². The Labute approximate surface area is 151 Å². The maximum Gasteiger partial charge on any atom is 0.471 e. The summed E-state index contributed by atoms with van der Waals surface area (Å²) in [5, 5.41) is 3.94. The highest BCUT2D eigenvalue weighted by atomic mass is 19.4. The molecule has 3 aromatic carbocycles. The molecule has 0 saturated heterocycles. The van der Waals surface area contributed by atoms with Crippen LogP contribution in [0, 0.1) is 6.92 Å². The minimum absolute atomic E-state index is 0.0145. The van der Waals surface area contributed by atoms with E-state index >= 15 is 0 Å². The Kier molecular flexibility index (Phi) is 3.87. The van der Waals surface area contributed by atoms with Gasteiger partial charge in [0.1, 0.15) is 5.52 Å². The number of aromatic nitrogens is 1. The number of oxazole rings is 1. The third-order valence-electron chi connectivity index (χ3n) is 4.19. The lowest BCUT2D eigenvalue weighted by molar-refractivity contribution is -0.167. The van der Waals surface area contributed by atoms with Crippen molar-refractivity contribution in [3.63, 3.8) is 0 Å². The van der Waals surface area contributed by atoms with E-state index < -0.39 is 12.1 Å². The van der Waals surface area contributed by atoms with E-state index in [1.807, 2.05) is 47.8 Å². The van der Waals surface area contributed by atoms with Crippen molar-refractivity contribution in [1.82, 2.24) is 4.98 Å². The Morgan fingerprint density at radius 2 is 1.78 bits per heavy atom. The van der Waals surface area contributed by atoms with Crippen LogP contribution < -0.4 is 5.32 Å². The number of fused-ring (bicyclic) bond motifs is 2. The van der Waals surface area contributed by atoms with Gasteiger partial charge in [-0.15, -0.1) is 0 Å². The van der Waals surface area contributed by atoms with Gasteiger partial charge in [0.2, 0.25) is 5.89 Å². The van der Waals surface area contributed by atoms with E-state index in [1.165, 1.54) is 12.1 Å². The minimum Gasteiger partial charge on any atom is -0.436 e. The minimum atomic E-state index is -4.96. The third kappa shape index (κ3) is 3.23. The largest absolute Gasteiger partial charge is 0.471 e. The SMILES string of the molecule is Cc1cc(NC(=O)C(F)(F)F)cc2nc(-c3ccc4ccccc4c3)oc12. The molecule has 0 spiro atoms. The number of carbonyl (C=O) groups excluding carboxylic acids is 1. The summed E-state index contributed by atoms with van der Waals surface area (Å²) in [7, 11) is 0. The van der Waals surface area contributed by atoms with Crippen LogP contribution >= 0.6 is 0 Å². The second kappa shape index (κ2) is 6.12. The fourth-order valence-electron chi connectivity index (χ4n) is 2.92. The zero-order chi connectivity index (χ0) is 19.2. The second-order valence-corrected chi connectivity index (χ2v) is 6.17. The number of amides is 1. The predicted molar refractivity (Wildman–Crippen MR) is 96.4 cm³/mol. The highest BCUT2D eigenvalue weighted by molar-refractivity contribution is 5.97. The van der Waals surface area contributed by atoms with E-state index in [-0.39, 0.29) is 5.69 Å². The molecule has 136 valence electrons. The molecule has 4 aromatic rings. The molecule has 0 bridgehead atoms.